The Labute approximate surface area is 225 Å². The number of hydrogen-bond acceptors (Lipinski definition) is 8. The number of aromatic nitrogens is 1. The third-order valence-corrected chi connectivity index (χ3v) is 6.64. The van der Waals surface area contributed by atoms with Gasteiger partial charge in [-0.25, -0.2) is 9.98 Å². The maximum absolute atomic E-state index is 13.1. The summed E-state index contributed by atoms with van der Waals surface area (Å²) in [6, 6.07) is 18.6. The Balaban J connectivity index is 1.26. The van der Waals surface area contributed by atoms with Crippen molar-refractivity contribution in [1.29, 1.82) is 5.41 Å². The summed E-state index contributed by atoms with van der Waals surface area (Å²) in [5.41, 5.74) is 10.9. The van der Waals surface area contributed by atoms with E-state index in [1.54, 1.807) is 12.5 Å². The van der Waals surface area contributed by atoms with Gasteiger partial charge in [0, 0.05) is 17.3 Å². The van der Waals surface area contributed by atoms with Crippen LogP contribution >= 0.6 is 0 Å². The van der Waals surface area contributed by atoms with Crippen LogP contribution in [0.5, 0.6) is 0 Å². The number of benzodiazepines with no additional fused rings is 1. The van der Waals surface area contributed by atoms with E-state index in [-0.39, 0.29) is 23.7 Å². The van der Waals surface area contributed by atoms with Crippen LogP contribution in [0.25, 0.3) is 0 Å². The van der Waals surface area contributed by atoms with E-state index in [1.165, 1.54) is 0 Å². The zero-order valence-corrected chi connectivity index (χ0v) is 21.0. The molecular weight excluding hydrogens is 494 g/mol. The number of nitrogens with zero attached hydrogens (tertiary/aromatic N) is 3. The van der Waals surface area contributed by atoms with Gasteiger partial charge in [-0.3, -0.25) is 10.2 Å². The second kappa shape index (κ2) is 10.4. The molecule has 0 radical (unpaired) electrons. The number of ether oxygens (including phenoxy) is 2. The Bertz CT molecular complexity index is 1510. The third-order valence-electron chi connectivity index (χ3n) is 6.64. The van der Waals surface area contributed by atoms with Crippen LogP contribution < -0.4 is 16.4 Å². The summed E-state index contributed by atoms with van der Waals surface area (Å²) in [6.07, 6.45) is 6.34. The Kier molecular flexibility index (Phi) is 6.50. The summed E-state index contributed by atoms with van der Waals surface area (Å²) >= 11 is 0. The average molecular weight is 522 g/mol. The van der Waals surface area contributed by atoms with Gasteiger partial charge in [-0.15, -0.1) is 0 Å². The SMILES string of the molecule is N=C(OC(N)=NC1N=C(c2ccccc2)c2ccccc2NC1=O)c1ncc(C2CC2)cc1NCC1C=CO1. The minimum Gasteiger partial charge on any atom is -0.492 e. The van der Waals surface area contributed by atoms with Crippen molar-refractivity contribution in [3.63, 3.8) is 0 Å². The summed E-state index contributed by atoms with van der Waals surface area (Å²) in [6.45, 7) is 0.524. The van der Waals surface area contributed by atoms with Crippen LogP contribution in [0.15, 0.2) is 89.2 Å². The lowest BCUT2D eigenvalue weighted by molar-refractivity contribution is -0.117. The van der Waals surface area contributed by atoms with Gasteiger partial charge in [0.15, 0.2) is 0 Å². The largest absolute Gasteiger partial charge is 0.492 e. The highest BCUT2D eigenvalue weighted by atomic mass is 16.5. The molecule has 1 aliphatic carbocycles. The van der Waals surface area contributed by atoms with E-state index in [9.17, 15) is 4.79 Å². The van der Waals surface area contributed by atoms with E-state index in [0.717, 1.165) is 29.5 Å². The summed E-state index contributed by atoms with van der Waals surface area (Å²) < 4.78 is 10.9. The van der Waals surface area contributed by atoms with Gasteiger partial charge >= 0.3 is 0 Å². The van der Waals surface area contributed by atoms with Crippen LogP contribution in [-0.2, 0) is 14.3 Å². The Hall–Kier alpha value is -4.99. The van der Waals surface area contributed by atoms with E-state index in [0.29, 0.717) is 29.5 Å². The van der Waals surface area contributed by atoms with Crippen molar-refractivity contribution in [1.82, 2.24) is 4.98 Å². The van der Waals surface area contributed by atoms with Crippen molar-refractivity contribution in [3.8, 4) is 0 Å². The number of nitrogens with one attached hydrogen (secondary N) is 3. The summed E-state index contributed by atoms with van der Waals surface area (Å²) in [4.78, 5) is 26.4. The molecule has 1 saturated carbocycles. The molecule has 2 unspecified atom stereocenters. The number of hydrogen-bond donors (Lipinski definition) is 4. The normalized spacial score (nSPS) is 19.9. The Morgan fingerprint density at radius 2 is 1.95 bits per heavy atom. The number of aliphatic imine (C=N–C) groups is 2. The first kappa shape index (κ1) is 24.4. The average Bonchev–Trinajstić information content (AvgIpc) is 3.77. The lowest BCUT2D eigenvalue weighted by Crippen LogP contribution is -2.30. The van der Waals surface area contributed by atoms with Crippen molar-refractivity contribution in [3.05, 3.63) is 102 Å². The molecule has 1 aromatic heterocycles. The van der Waals surface area contributed by atoms with Crippen molar-refractivity contribution in [2.24, 2.45) is 15.7 Å². The Morgan fingerprint density at radius 1 is 1.18 bits per heavy atom. The molecule has 0 bridgehead atoms. The van der Waals surface area contributed by atoms with Crippen LogP contribution in [0.1, 0.15) is 41.1 Å². The standard InChI is InChI=1S/C29H27N7O3/c30-26(25-23(32-16-20-12-13-38-20)14-19(15-33-25)17-10-11-17)39-29(31)36-27-28(37)34-22-9-5-4-8-21(22)24(35-27)18-6-2-1-3-7-18/h1-9,12-15,17,20,27,30,32H,10-11,16H2,(H2,31,36)(H,34,37). The molecule has 3 heterocycles. The number of nitrogens with two attached hydrogens (primary N) is 1. The van der Waals surface area contributed by atoms with Gasteiger partial charge < -0.3 is 25.8 Å². The fourth-order valence-electron chi connectivity index (χ4n) is 4.41. The number of anilines is 2. The summed E-state index contributed by atoms with van der Waals surface area (Å²) in [5.74, 6) is -0.270. The second-order valence-electron chi connectivity index (χ2n) is 9.47. The topological polar surface area (TPSA) is 147 Å². The maximum Gasteiger partial charge on any atom is 0.291 e. The highest BCUT2D eigenvalue weighted by Crippen LogP contribution is 2.40. The molecule has 0 spiro atoms. The fraction of sp³-hybridized carbons (Fsp3) is 0.207. The van der Waals surface area contributed by atoms with Crippen molar-refractivity contribution >= 4 is 34.9 Å². The lowest BCUT2D eigenvalue weighted by atomic mass is 10.0. The lowest BCUT2D eigenvalue weighted by Gasteiger charge is -2.21. The van der Waals surface area contributed by atoms with E-state index < -0.39 is 12.1 Å². The molecule has 1 fully saturated rings. The monoisotopic (exact) mass is 521 g/mol. The fourth-order valence-corrected chi connectivity index (χ4v) is 4.41. The van der Waals surface area contributed by atoms with Crippen molar-refractivity contribution in [2.45, 2.75) is 31.0 Å². The number of carbonyl (C=O) groups is 1. The number of amidine groups is 1. The first-order valence-corrected chi connectivity index (χ1v) is 12.7. The minimum atomic E-state index is -1.22. The van der Waals surface area contributed by atoms with Gasteiger partial charge in [0.25, 0.3) is 11.9 Å². The molecule has 10 nitrogen and oxygen atoms in total. The second-order valence-corrected chi connectivity index (χ2v) is 9.47. The number of carbonyl (C=O) groups excluding carboxylic acids is 1. The maximum atomic E-state index is 13.1. The molecule has 2 atom stereocenters. The third kappa shape index (κ3) is 5.35. The smallest absolute Gasteiger partial charge is 0.291 e. The first-order valence-electron chi connectivity index (χ1n) is 12.7. The molecule has 1 amide bonds. The zero-order chi connectivity index (χ0) is 26.8. The van der Waals surface area contributed by atoms with Crippen molar-refractivity contribution in [2.75, 3.05) is 17.2 Å². The number of amides is 1. The quantitative estimate of drug-likeness (QED) is 0.275. The van der Waals surface area contributed by atoms with Crippen LogP contribution in [-0.4, -0.2) is 47.3 Å². The van der Waals surface area contributed by atoms with Crippen LogP contribution in [0.4, 0.5) is 11.4 Å². The van der Waals surface area contributed by atoms with E-state index in [4.69, 9.17) is 20.6 Å². The minimum absolute atomic E-state index is 0.0429. The van der Waals surface area contributed by atoms with Crippen LogP contribution in [0.2, 0.25) is 0 Å². The van der Waals surface area contributed by atoms with E-state index in [1.807, 2.05) is 66.7 Å². The van der Waals surface area contributed by atoms with Crippen LogP contribution in [0.3, 0.4) is 0 Å². The van der Waals surface area contributed by atoms with E-state index >= 15 is 0 Å². The molecule has 0 saturated heterocycles. The predicted molar refractivity (Wildman–Crippen MR) is 149 cm³/mol. The molecular formula is C29H27N7O3. The molecule has 2 aliphatic heterocycles. The molecule has 2 aromatic carbocycles. The van der Waals surface area contributed by atoms with Crippen LogP contribution in [0, 0.1) is 5.41 Å². The number of pyridine rings is 1. The molecule has 5 N–H and O–H groups in total. The molecule has 39 heavy (non-hydrogen) atoms. The summed E-state index contributed by atoms with van der Waals surface area (Å²) in [5, 5.41) is 14.7. The number of para-hydroxylation sites is 1. The molecule has 10 heteroatoms. The zero-order valence-electron chi connectivity index (χ0n) is 21.0. The molecule has 3 aliphatic rings. The molecule has 6 rings (SSSR count). The first-order chi connectivity index (χ1) is 19.0. The van der Waals surface area contributed by atoms with Gasteiger partial charge in [0.05, 0.1) is 29.9 Å². The number of rotatable bonds is 7. The number of fused-ring (bicyclic) bond motifs is 1. The number of benzene rings is 2. The molecule has 196 valence electrons. The summed E-state index contributed by atoms with van der Waals surface area (Å²) in [7, 11) is 0. The highest BCUT2D eigenvalue weighted by molar-refractivity contribution is 6.19. The van der Waals surface area contributed by atoms with Gasteiger partial charge in [-0.2, -0.15) is 4.99 Å². The van der Waals surface area contributed by atoms with Gasteiger partial charge in [-0.1, -0.05) is 48.5 Å². The highest BCUT2D eigenvalue weighted by Gasteiger charge is 2.28. The van der Waals surface area contributed by atoms with E-state index in [2.05, 4.69) is 25.6 Å². The van der Waals surface area contributed by atoms with Gasteiger partial charge in [-0.05, 0) is 42.5 Å². The predicted octanol–water partition coefficient (Wildman–Crippen LogP) is 3.76. The Morgan fingerprint density at radius 3 is 2.69 bits per heavy atom. The van der Waals surface area contributed by atoms with Crippen molar-refractivity contribution < 1.29 is 14.3 Å². The van der Waals surface area contributed by atoms with Gasteiger partial charge in [0.2, 0.25) is 12.1 Å². The van der Waals surface area contributed by atoms with Gasteiger partial charge in [0.1, 0.15) is 11.8 Å². The molecule has 3 aromatic rings.